The van der Waals surface area contributed by atoms with Crippen LogP contribution in [-0.2, 0) is 7.05 Å². The van der Waals surface area contributed by atoms with Gasteiger partial charge < -0.3 is 10.4 Å². The van der Waals surface area contributed by atoms with Gasteiger partial charge in [0.1, 0.15) is 5.69 Å². The number of aryl methyl sites for hydroxylation is 1. The summed E-state index contributed by atoms with van der Waals surface area (Å²) in [5.41, 5.74) is 0.522. The molecule has 1 fully saturated rings. The molecule has 1 aromatic rings. The predicted octanol–water partition coefficient (Wildman–Crippen LogP) is 0.0633. The monoisotopic (exact) mass is 209 g/mol. The Morgan fingerprint density at radius 3 is 3.00 bits per heavy atom. The number of aromatic nitrogens is 2. The van der Waals surface area contributed by atoms with Gasteiger partial charge in [-0.1, -0.05) is 0 Å². The summed E-state index contributed by atoms with van der Waals surface area (Å²) in [6.45, 7) is 0. The van der Waals surface area contributed by atoms with Crippen molar-refractivity contribution in [2.24, 2.45) is 7.05 Å². The zero-order valence-electron chi connectivity index (χ0n) is 8.68. The predicted molar refractivity (Wildman–Crippen MR) is 54.3 cm³/mol. The molecule has 1 amide bonds. The van der Waals surface area contributed by atoms with Crippen LogP contribution in [0.25, 0.3) is 0 Å². The van der Waals surface area contributed by atoms with Crippen LogP contribution in [0.2, 0.25) is 0 Å². The van der Waals surface area contributed by atoms with Gasteiger partial charge in [0.15, 0.2) is 0 Å². The number of hydrogen-bond acceptors (Lipinski definition) is 3. The van der Waals surface area contributed by atoms with E-state index in [-0.39, 0.29) is 11.9 Å². The minimum atomic E-state index is -0.401. The van der Waals surface area contributed by atoms with Gasteiger partial charge in [-0.3, -0.25) is 9.48 Å². The van der Waals surface area contributed by atoms with Crippen LogP contribution >= 0.6 is 0 Å². The molecule has 5 nitrogen and oxygen atoms in total. The van der Waals surface area contributed by atoms with E-state index in [1.165, 1.54) is 4.68 Å². The minimum absolute atomic E-state index is 0.104. The Balaban J connectivity index is 2.01. The molecule has 1 aromatic heterocycles. The van der Waals surface area contributed by atoms with Gasteiger partial charge in [0, 0.05) is 13.2 Å². The number of amides is 1. The molecule has 1 aliphatic rings. The summed E-state index contributed by atoms with van der Waals surface area (Å²) in [4.78, 5) is 11.7. The average molecular weight is 209 g/mol. The van der Waals surface area contributed by atoms with Gasteiger partial charge in [0.2, 0.25) is 0 Å². The Morgan fingerprint density at radius 2 is 2.47 bits per heavy atom. The SMILES string of the molecule is Cn1nccc1C(=O)N[C@@H]1CCC[C@H]1O. The minimum Gasteiger partial charge on any atom is -0.391 e. The van der Waals surface area contributed by atoms with E-state index in [1.54, 1.807) is 19.3 Å². The summed E-state index contributed by atoms with van der Waals surface area (Å²) in [5.74, 6) is -0.166. The van der Waals surface area contributed by atoms with Crippen molar-refractivity contribution in [3.8, 4) is 0 Å². The standard InChI is InChI=1S/C10H15N3O2/c1-13-8(5-6-11-13)10(15)12-7-3-2-4-9(7)14/h5-7,9,14H,2-4H2,1H3,(H,12,15)/t7-,9-/m1/s1. The summed E-state index contributed by atoms with van der Waals surface area (Å²) in [5, 5.41) is 16.3. The van der Waals surface area contributed by atoms with Gasteiger partial charge >= 0.3 is 0 Å². The first-order valence-corrected chi connectivity index (χ1v) is 5.15. The van der Waals surface area contributed by atoms with Crippen LogP contribution in [0.3, 0.4) is 0 Å². The lowest BCUT2D eigenvalue weighted by atomic mass is 10.2. The lowest BCUT2D eigenvalue weighted by molar-refractivity contribution is 0.0864. The van der Waals surface area contributed by atoms with E-state index >= 15 is 0 Å². The van der Waals surface area contributed by atoms with Crippen LogP contribution in [0.4, 0.5) is 0 Å². The summed E-state index contributed by atoms with van der Waals surface area (Å²) in [6.07, 6.45) is 3.78. The largest absolute Gasteiger partial charge is 0.391 e. The molecule has 0 saturated heterocycles. The molecule has 1 aliphatic carbocycles. The number of rotatable bonds is 2. The van der Waals surface area contributed by atoms with Gasteiger partial charge in [0.25, 0.3) is 5.91 Å². The van der Waals surface area contributed by atoms with Crippen LogP contribution < -0.4 is 5.32 Å². The first-order valence-electron chi connectivity index (χ1n) is 5.15. The maximum absolute atomic E-state index is 11.7. The molecular weight excluding hydrogens is 194 g/mol. The molecule has 0 aliphatic heterocycles. The number of hydrogen-bond donors (Lipinski definition) is 2. The Hall–Kier alpha value is -1.36. The van der Waals surface area contributed by atoms with E-state index in [0.717, 1.165) is 19.3 Å². The lowest BCUT2D eigenvalue weighted by Gasteiger charge is -2.16. The van der Waals surface area contributed by atoms with Crippen LogP contribution in [0.5, 0.6) is 0 Å². The number of nitrogens with zero attached hydrogens (tertiary/aromatic N) is 2. The Kier molecular flexibility index (Phi) is 2.73. The molecule has 2 rings (SSSR count). The fourth-order valence-electron chi connectivity index (χ4n) is 1.95. The molecule has 1 heterocycles. The van der Waals surface area contributed by atoms with E-state index in [1.807, 2.05) is 0 Å². The number of carbonyl (C=O) groups excluding carboxylic acids is 1. The number of nitrogens with one attached hydrogen (secondary N) is 1. The molecule has 82 valence electrons. The van der Waals surface area contributed by atoms with Gasteiger partial charge in [0.05, 0.1) is 12.1 Å². The van der Waals surface area contributed by atoms with Crippen LogP contribution in [0.15, 0.2) is 12.3 Å². The molecule has 15 heavy (non-hydrogen) atoms. The van der Waals surface area contributed by atoms with Gasteiger partial charge in [-0.2, -0.15) is 5.10 Å². The van der Waals surface area contributed by atoms with Crippen LogP contribution in [0, 0.1) is 0 Å². The second-order valence-electron chi connectivity index (χ2n) is 3.92. The highest BCUT2D eigenvalue weighted by atomic mass is 16.3. The smallest absolute Gasteiger partial charge is 0.269 e. The van der Waals surface area contributed by atoms with E-state index in [9.17, 15) is 9.90 Å². The third kappa shape index (κ3) is 2.02. The molecule has 2 atom stereocenters. The molecule has 2 N–H and O–H groups in total. The van der Waals surface area contributed by atoms with Crippen molar-refractivity contribution in [3.05, 3.63) is 18.0 Å². The van der Waals surface area contributed by atoms with Gasteiger partial charge in [-0.25, -0.2) is 0 Å². The Bertz CT molecular complexity index is 361. The highest BCUT2D eigenvalue weighted by Crippen LogP contribution is 2.19. The zero-order valence-corrected chi connectivity index (χ0v) is 8.68. The van der Waals surface area contributed by atoms with Crippen molar-refractivity contribution < 1.29 is 9.90 Å². The van der Waals surface area contributed by atoms with Crippen molar-refractivity contribution in [1.82, 2.24) is 15.1 Å². The fraction of sp³-hybridized carbons (Fsp3) is 0.600. The molecular formula is C10H15N3O2. The molecule has 0 unspecified atom stereocenters. The molecule has 0 spiro atoms. The first kappa shape index (κ1) is 10.2. The normalized spacial score (nSPS) is 25.5. The highest BCUT2D eigenvalue weighted by molar-refractivity contribution is 5.92. The summed E-state index contributed by atoms with van der Waals surface area (Å²) < 4.78 is 1.52. The van der Waals surface area contributed by atoms with E-state index in [0.29, 0.717) is 5.69 Å². The maximum Gasteiger partial charge on any atom is 0.269 e. The summed E-state index contributed by atoms with van der Waals surface area (Å²) in [6, 6.07) is 1.56. The topological polar surface area (TPSA) is 67.2 Å². The number of carbonyl (C=O) groups is 1. The second kappa shape index (κ2) is 4.02. The molecule has 0 radical (unpaired) electrons. The lowest BCUT2D eigenvalue weighted by Crippen LogP contribution is -2.40. The van der Waals surface area contributed by atoms with Crippen molar-refractivity contribution in [1.29, 1.82) is 0 Å². The van der Waals surface area contributed by atoms with Crippen LogP contribution in [-0.4, -0.2) is 32.9 Å². The van der Waals surface area contributed by atoms with Crippen molar-refractivity contribution >= 4 is 5.91 Å². The third-order valence-corrected chi connectivity index (χ3v) is 2.85. The maximum atomic E-state index is 11.7. The second-order valence-corrected chi connectivity index (χ2v) is 3.92. The number of aliphatic hydroxyl groups excluding tert-OH is 1. The quantitative estimate of drug-likeness (QED) is 0.724. The average Bonchev–Trinajstić information content (AvgIpc) is 2.76. The van der Waals surface area contributed by atoms with Gasteiger partial charge in [-0.05, 0) is 25.3 Å². The molecule has 0 bridgehead atoms. The third-order valence-electron chi connectivity index (χ3n) is 2.85. The Labute approximate surface area is 88.1 Å². The molecule has 5 heteroatoms. The number of aliphatic hydroxyl groups is 1. The highest BCUT2D eigenvalue weighted by Gasteiger charge is 2.27. The van der Waals surface area contributed by atoms with Crippen molar-refractivity contribution in [2.75, 3.05) is 0 Å². The zero-order chi connectivity index (χ0) is 10.8. The van der Waals surface area contributed by atoms with Crippen LogP contribution in [0.1, 0.15) is 29.8 Å². The van der Waals surface area contributed by atoms with E-state index < -0.39 is 6.10 Å². The first-order chi connectivity index (χ1) is 7.18. The van der Waals surface area contributed by atoms with Crippen molar-refractivity contribution in [2.45, 2.75) is 31.4 Å². The van der Waals surface area contributed by atoms with Gasteiger partial charge in [-0.15, -0.1) is 0 Å². The summed E-state index contributed by atoms with van der Waals surface area (Å²) >= 11 is 0. The fourth-order valence-corrected chi connectivity index (χ4v) is 1.95. The Morgan fingerprint density at radius 1 is 1.67 bits per heavy atom. The molecule has 0 aromatic carbocycles. The van der Waals surface area contributed by atoms with E-state index in [4.69, 9.17) is 0 Å². The molecule has 1 saturated carbocycles. The summed E-state index contributed by atoms with van der Waals surface area (Å²) in [7, 11) is 1.72. The van der Waals surface area contributed by atoms with Crippen molar-refractivity contribution in [3.63, 3.8) is 0 Å². The van der Waals surface area contributed by atoms with E-state index in [2.05, 4.69) is 10.4 Å².